The summed E-state index contributed by atoms with van der Waals surface area (Å²) in [4.78, 5) is 23.5. The van der Waals surface area contributed by atoms with Gasteiger partial charge in [-0.1, -0.05) is 24.3 Å². The maximum atomic E-state index is 12.7. The number of aromatic nitrogens is 3. The van der Waals surface area contributed by atoms with Crippen LogP contribution in [0.4, 0.5) is 0 Å². The minimum absolute atomic E-state index is 0.00965. The molecule has 0 aliphatic carbocycles. The predicted molar refractivity (Wildman–Crippen MR) is 120 cm³/mol. The topological polar surface area (TPSA) is 94.5 Å². The summed E-state index contributed by atoms with van der Waals surface area (Å²) < 4.78 is 1.97. The number of fused-ring (bicyclic) bond motifs is 1. The fraction of sp³-hybridized carbons (Fsp3) is 0.200. The second-order valence-corrected chi connectivity index (χ2v) is 7.93. The fourth-order valence-corrected chi connectivity index (χ4v) is 4.00. The number of carbonyl (C=O) groups is 1. The molecule has 1 amide bonds. The van der Waals surface area contributed by atoms with Gasteiger partial charge >= 0.3 is 0 Å². The van der Waals surface area contributed by atoms with Crippen LogP contribution in [-0.4, -0.2) is 49.5 Å². The molecule has 0 unspecified atom stereocenters. The Labute approximate surface area is 185 Å². The second kappa shape index (κ2) is 8.25. The van der Waals surface area contributed by atoms with Crippen LogP contribution in [0.1, 0.15) is 28.8 Å². The molecule has 1 aliphatic rings. The minimum atomic E-state index is -0.306. The summed E-state index contributed by atoms with van der Waals surface area (Å²) in [5, 5.41) is 18.7. The van der Waals surface area contributed by atoms with Crippen LogP contribution in [0.3, 0.4) is 0 Å². The first kappa shape index (κ1) is 19.9. The van der Waals surface area contributed by atoms with Crippen molar-refractivity contribution in [2.75, 3.05) is 13.1 Å². The van der Waals surface area contributed by atoms with Gasteiger partial charge in [-0.25, -0.2) is 4.98 Å². The van der Waals surface area contributed by atoms with E-state index in [1.54, 1.807) is 29.4 Å². The maximum Gasteiger partial charge on any atom is 0.253 e. The van der Waals surface area contributed by atoms with E-state index in [1.165, 1.54) is 0 Å². The number of nitriles is 1. The van der Waals surface area contributed by atoms with Gasteiger partial charge in [0.25, 0.3) is 5.91 Å². The molecular weight excluding hydrogens is 402 g/mol. The zero-order valence-corrected chi connectivity index (χ0v) is 17.3. The van der Waals surface area contributed by atoms with Crippen molar-refractivity contribution in [2.24, 2.45) is 0 Å². The van der Waals surface area contributed by atoms with E-state index in [1.807, 2.05) is 47.0 Å². The smallest absolute Gasteiger partial charge is 0.253 e. The summed E-state index contributed by atoms with van der Waals surface area (Å²) in [6.45, 7) is 1.16. The summed E-state index contributed by atoms with van der Waals surface area (Å²) in [7, 11) is 0. The van der Waals surface area contributed by atoms with E-state index >= 15 is 0 Å². The van der Waals surface area contributed by atoms with E-state index in [0.29, 0.717) is 37.1 Å². The van der Waals surface area contributed by atoms with Crippen LogP contribution >= 0.6 is 0 Å². The van der Waals surface area contributed by atoms with E-state index in [9.17, 15) is 9.90 Å². The SMILES string of the molecule is N#Cc1ccc(-c2cnc3cnc(-c4ccc(C(=O)N5CCC(O)CC5)cc4)cn23)cc1. The Bertz CT molecular complexity index is 1310. The molecule has 0 radical (unpaired) electrons. The summed E-state index contributed by atoms with van der Waals surface area (Å²) >= 11 is 0. The summed E-state index contributed by atoms with van der Waals surface area (Å²) in [6.07, 6.45) is 6.39. The molecule has 1 fully saturated rings. The van der Waals surface area contributed by atoms with Crippen molar-refractivity contribution in [1.82, 2.24) is 19.3 Å². The number of hydrogen-bond acceptors (Lipinski definition) is 5. The van der Waals surface area contributed by atoms with Crippen LogP contribution in [-0.2, 0) is 0 Å². The Balaban J connectivity index is 1.42. The lowest BCUT2D eigenvalue weighted by Gasteiger charge is -2.29. The number of carbonyl (C=O) groups excluding carboxylic acids is 1. The molecule has 1 saturated heterocycles. The molecule has 0 atom stereocenters. The average molecular weight is 423 g/mol. The quantitative estimate of drug-likeness (QED) is 0.544. The van der Waals surface area contributed by atoms with Gasteiger partial charge in [-0.3, -0.25) is 14.2 Å². The Hall–Kier alpha value is -4.02. The van der Waals surface area contributed by atoms with Crippen molar-refractivity contribution >= 4 is 11.6 Å². The molecule has 0 saturated carbocycles. The Kier molecular flexibility index (Phi) is 5.13. The molecule has 4 aromatic rings. The molecule has 158 valence electrons. The molecule has 2 aromatic heterocycles. The van der Waals surface area contributed by atoms with Crippen LogP contribution < -0.4 is 0 Å². The number of imidazole rings is 1. The zero-order valence-electron chi connectivity index (χ0n) is 17.3. The number of aliphatic hydroxyl groups excluding tert-OH is 1. The lowest BCUT2D eigenvalue weighted by atomic mass is 10.0. The zero-order chi connectivity index (χ0) is 22.1. The number of aliphatic hydroxyl groups is 1. The van der Waals surface area contributed by atoms with Crippen LogP contribution in [0, 0.1) is 11.3 Å². The van der Waals surface area contributed by atoms with Crippen LogP contribution in [0.15, 0.2) is 67.1 Å². The number of amides is 1. The lowest BCUT2D eigenvalue weighted by molar-refractivity contribution is 0.0546. The molecular formula is C25H21N5O2. The molecule has 2 aromatic carbocycles. The molecule has 0 spiro atoms. The highest BCUT2D eigenvalue weighted by atomic mass is 16.3. The molecule has 32 heavy (non-hydrogen) atoms. The van der Waals surface area contributed by atoms with Crippen molar-refractivity contribution in [1.29, 1.82) is 5.26 Å². The number of hydrogen-bond donors (Lipinski definition) is 1. The summed E-state index contributed by atoms with van der Waals surface area (Å²) in [5.41, 5.74) is 5.51. The molecule has 1 aliphatic heterocycles. The summed E-state index contributed by atoms with van der Waals surface area (Å²) in [6, 6.07) is 17.0. The van der Waals surface area contributed by atoms with Gasteiger partial charge in [0, 0.05) is 36.0 Å². The predicted octanol–water partition coefficient (Wildman–Crippen LogP) is 3.53. The van der Waals surface area contributed by atoms with Crippen molar-refractivity contribution in [3.63, 3.8) is 0 Å². The first-order valence-corrected chi connectivity index (χ1v) is 10.5. The van der Waals surface area contributed by atoms with E-state index in [0.717, 1.165) is 28.2 Å². The van der Waals surface area contributed by atoms with Gasteiger partial charge in [0.2, 0.25) is 0 Å². The van der Waals surface area contributed by atoms with Crippen LogP contribution in [0.2, 0.25) is 0 Å². The molecule has 0 bridgehead atoms. The highest BCUT2D eigenvalue weighted by Crippen LogP contribution is 2.25. The van der Waals surface area contributed by atoms with Crippen molar-refractivity contribution in [3.05, 3.63) is 78.2 Å². The Morgan fingerprint density at radius 2 is 1.66 bits per heavy atom. The van der Waals surface area contributed by atoms with Gasteiger partial charge in [-0.15, -0.1) is 0 Å². The number of rotatable bonds is 3. The van der Waals surface area contributed by atoms with E-state index in [-0.39, 0.29) is 12.0 Å². The number of nitrogens with zero attached hydrogens (tertiary/aromatic N) is 5. The van der Waals surface area contributed by atoms with Crippen molar-refractivity contribution < 1.29 is 9.90 Å². The Morgan fingerprint density at radius 3 is 2.34 bits per heavy atom. The molecule has 7 nitrogen and oxygen atoms in total. The first-order valence-electron chi connectivity index (χ1n) is 10.5. The van der Waals surface area contributed by atoms with Crippen molar-refractivity contribution in [2.45, 2.75) is 18.9 Å². The molecule has 3 heterocycles. The number of piperidine rings is 1. The van der Waals surface area contributed by atoms with Gasteiger partial charge in [0.05, 0.1) is 41.5 Å². The van der Waals surface area contributed by atoms with Gasteiger partial charge in [0.15, 0.2) is 5.65 Å². The van der Waals surface area contributed by atoms with Gasteiger partial charge < -0.3 is 10.0 Å². The average Bonchev–Trinajstić information content (AvgIpc) is 3.27. The highest BCUT2D eigenvalue weighted by Gasteiger charge is 2.22. The third kappa shape index (κ3) is 3.72. The van der Waals surface area contributed by atoms with E-state index < -0.39 is 0 Å². The van der Waals surface area contributed by atoms with Crippen molar-refractivity contribution in [3.8, 4) is 28.6 Å². The van der Waals surface area contributed by atoms with Crippen LogP contribution in [0.5, 0.6) is 0 Å². The van der Waals surface area contributed by atoms with E-state index in [4.69, 9.17) is 5.26 Å². The summed E-state index contributed by atoms with van der Waals surface area (Å²) in [5.74, 6) is -0.00965. The van der Waals surface area contributed by atoms with Gasteiger partial charge in [0.1, 0.15) is 0 Å². The monoisotopic (exact) mass is 423 g/mol. The first-order chi connectivity index (χ1) is 15.6. The normalized spacial score (nSPS) is 14.4. The standard InChI is InChI=1S/C25H21N5O2/c26-13-17-1-3-19(4-2-17)23-14-28-24-15-27-22(16-30(23)24)18-5-7-20(8-6-18)25(32)29-11-9-21(31)10-12-29/h1-8,14-16,21,31H,9-12H2. The number of benzene rings is 2. The Morgan fingerprint density at radius 1 is 0.969 bits per heavy atom. The maximum absolute atomic E-state index is 12.7. The largest absolute Gasteiger partial charge is 0.393 e. The van der Waals surface area contributed by atoms with Crippen LogP contribution in [0.25, 0.3) is 28.2 Å². The molecule has 1 N–H and O–H groups in total. The van der Waals surface area contributed by atoms with E-state index in [2.05, 4.69) is 16.0 Å². The third-order valence-corrected chi connectivity index (χ3v) is 5.89. The second-order valence-electron chi connectivity index (χ2n) is 7.93. The molecule has 7 heteroatoms. The lowest BCUT2D eigenvalue weighted by Crippen LogP contribution is -2.40. The fourth-order valence-electron chi connectivity index (χ4n) is 4.00. The highest BCUT2D eigenvalue weighted by molar-refractivity contribution is 5.94. The number of likely N-dealkylation sites (tertiary alicyclic amines) is 1. The third-order valence-electron chi connectivity index (χ3n) is 5.89. The minimum Gasteiger partial charge on any atom is -0.393 e. The van der Waals surface area contributed by atoms with Gasteiger partial charge in [-0.2, -0.15) is 5.26 Å². The van der Waals surface area contributed by atoms with Gasteiger partial charge in [-0.05, 0) is 37.1 Å². The molecule has 5 rings (SSSR count).